The van der Waals surface area contributed by atoms with E-state index in [9.17, 15) is 13.6 Å². The van der Waals surface area contributed by atoms with Gasteiger partial charge in [0.05, 0.1) is 18.7 Å². The second-order valence-electron chi connectivity index (χ2n) is 7.16. The molecule has 0 spiro atoms. The Kier molecular flexibility index (Phi) is 7.71. The minimum absolute atomic E-state index is 0.137. The van der Waals surface area contributed by atoms with Crippen LogP contribution < -0.4 is 10.6 Å². The average molecular weight is 324 g/mol. The minimum atomic E-state index is -3.05. The molecule has 0 aliphatic carbocycles. The van der Waals surface area contributed by atoms with E-state index in [0.29, 0.717) is 6.42 Å². The smallest absolute Gasteiger partial charge is 0.407 e. The van der Waals surface area contributed by atoms with E-state index >= 15 is 0 Å². The number of halogens is 2. The van der Waals surface area contributed by atoms with Gasteiger partial charge in [-0.3, -0.25) is 0 Å². The molecule has 0 aromatic rings. The Morgan fingerprint density at radius 1 is 1.14 bits per heavy atom. The van der Waals surface area contributed by atoms with Crippen LogP contribution in [-0.4, -0.2) is 49.5 Å². The first kappa shape index (κ1) is 21.0. The Morgan fingerprint density at radius 3 is 2.14 bits per heavy atom. The highest BCUT2D eigenvalue weighted by Crippen LogP contribution is 2.17. The quantitative estimate of drug-likeness (QED) is 0.721. The van der Waals surface area contributed by atoms with Gasteiger partial charge in [0.1, 0.15) is 5.60 Å². The number of carbonyl (C=O) groups excluding carboxylic acids is 1. The summed E-state index contributed by atoms with van der Waals surface area (Å²) in [5, 5.41) is 4.85. The Balaban J connectivity index is 4.17. The van der Waals surface area contributed by atoms with Gasteiger partial charge < -0.3 is 20.1 Å². The third kappa shape index (κ3) is 10.7. The topological polar surface area (TPSA) is 59.6 Å². The molecule has 2 N–H and O–H groups in total. The van der Waals surface area contributed by atoms with Crippen molar-refractivity contribution in [1.29, 1.82) is 0 Å². The first-order valence-electron chi connectivity index (χ1n) is 7.39. The highest BCUT2D eigenvalue weighted by molar-refractivity contribution is 5.67. The van der Waals surface area contributed by atoms with Gasteiger partial charge >= 0.3 is 6.09 Å². The summed E-state index contributed by atoms with van der Waals surface area (Å²) in [5.74, 6) is -3.05. The number of nitrogens with one attached hydrogen (secondary N) is 2. The largest absolute Gasteiger partial charge is 0.444 e. The maximum atomic E-state index is 13.7. The number of hydrogen-bond donors (Lipinski definition) is 2. The third-order valence-corrected chi connectivity index (χ3v) is 2.95. The van der Waals surface area contributed by atoms with Crippen LogP contribution in [0, 0.1) is 0 Å². The molecule has 1 atom stereocenters. The van der Waals surface area contributed by atoms with Crippen LogP contribution in [0.5, 0.6) is 0 Å². The molecule has 7 heteroatoms. The molecular formula is C15H30F2N2O3. The number of hydrogen-bond acceptors (Lipinski definition) is 4. The monoisotopic (exact) mass is 324 g/mol. The van der Waals surface area contributed by atoms with Crippen molar-refractivity contribution in [1.82, 2.24) is 10.6 Å². The van der Waals surface area contributed by atoms with Gasteiger partial charge in [-0.25, -0.2) is 13.6 Å². The highest BCUT2D eigenvalue weighted by Gasteiger charge is 2.31. The second kappa shape index (κ2) is 8.06. The fourth-order valence-corrected chi connectivity index (χ4v) is 1.79. The van der Waals surface area contributed by atoms with Crippen LogP contribution in [0.3, 0.4) is 0 Å². The summed E-state index contributed by atoms with van der Waals surface area (Å²) < 4.78 is 37.6. The molecule has 0 saturated carbocycles. The van der Waals surface area contributed by atoms with Crippen LogP contribution in [0.4, 0.5) is 13.6 Å². The van der Waals surface area contributed by atoms with Crippen molar-refractivity contribution in [2.24, 2.45) is 0 Å². The molecule has 132 valence electrons. The Morgan fingerprint density at radius 2 is 1.68 bits per heavy atom. The van der Waals surface area contributed by atoms with Gasteiger partial charge in [-0.1, -0.05) is 0 Å². The molecule has 0 heterocycles. The van der Waals surface area contributed by atoms with E-state index in [1.54, 1.807) is 27.9 Å². The van der Waals surface area contributed by atoms with Crippen molar-refractivity contribution >= 4 is 6.09 Å². The zero-order valence-corrected chi connectivity index (χ0v) is 14.7. The Labute approximate surface area is 132 Å². The standard InChI is InChI=1S/C15H30F2N2O3/c1-11(8-14(5,6)21-7)18-9-15(16,17)10-19-12(20)22-13(2,3)4/h11,18H,8-10H2,1-7H3,(H,19,20). The molecule has 0 saturated heterocycles. The lowest BCUT2D eigenvalue weighted by Gasteiger charge is -2.28. The SMILES string of the molecule is COC(C)(C)CC(C)NCC(F)(F)CNC(=O)OC(C)(C)C. The molecular weight excluding hydrogens is 294 g/mol. The zero-order chi connectivity index (χ0) is 17.6. The summed E-state index contributed by atoms with van der Waals surface area (Å²) in [4.78, 5) is 11.4. The lowest BCUT2D eigenvalue weighted by atomic mass is 10.00. The molecule has 0 bridgehead atoms. The molecule has 0 fully saturated rings. The molecule has 1 unspecified atom stereocenters. The van der Waals surface area contributed by atoms with Crippen LogP contribution >= 0.6 is 0 Å². The molecule has 0 aliphatic rings. The van der Waals surface area contributed by atoms with Crippen LogP contribution in [0.15, 0.2) is 0 Å². The Hall–Kier alpha value is -0.950. The molecule has 5 nitrogen and oxygen atoms in total. The van der Waals surface area contributed by atoms with Crippen molar-refractivity contribution in [3.63, 3.8) is 0 Å². The predicted octanol–water partition coefficient (Wildman–Crippen LogP) is 2.94. The number of methoxy groups -OCH3 is 1. The number of amides is 1. The number of rotatable bonds is 8. The molecule has 0 rings (SSSR count). The normalized spacial score (nSPS) is 14.6. The summed E-state index contributed by atoms with van der Waals surface area (Å²) in [6.45, 7) is 9.33. The summed E-state index contributed by atoms with van der Waals surface area (Å²) in [7, 11) is 1.59. The maximum Gasteiger partial charge on any atom is 0.407 e. The van der Waals surface area contributed by atoms with Gasteiger partial charge in [-0.2, -0.15) is 0 Å². The molecule has 0 radical (unpaired) electrons. The second-order valence-corrected chi connectivity index (χ2v) is 7.16. The summed E-state index contributed by atoms with van der Waals surface area (Å²) in [6, 6.07) is -0.137. The van der Waals surface area contributed by atoms with Gasteiger partial charge in [-0.15, -0.1) is 0 Å². The van der Waals surface area contributed by atoms with Crippen molar-refractivity contribution in [3.05, 3.63) is 0 Å². The zero-order valence-electron chi connectivity index (χ0n) is 14.7. The fraction of sp³-hybridized carbons (Fsp3) is 0.933. The van der Waals surface area contributed by atoms with Gasteiger partial charge in [0.25, 0.3) is 5.92 Å². The summed E-state index contributed by atoms with van der Waals surface area (Å²) >= 11 is 0. The van der Waals surface area contributed by atoms with E-state index in [4.69, 9.17) is 9.47 Å². The van der Waals surface area contributed by atoms with Gasteiger partial charge in [0, 0.05) is 13.2 Å². The van der Waals surface area contributed by atoms with Crippen molar-refractivity contribution < 1.29 is 23.0 Å². The summed E-state index contributed by atoms with van der Waals surface area (Å²) in [5.41, 5.74) is -1.09. The third-order valence-electron chi connectivity index (χ3n) is 2.95. The minimum Gasteiger partial charge on any atom is -0.444 e. The number of alkyl halides is 2. The van der Waals surface area contributed by atoms with E-state index < -0.39 is 30.7 Å². The number of alkyl carbamates (subject to hydrolysis) is 1. The van der Waals surface area contributed by atoms with Crippen molar-refractivity contribution in [2.45, 2.75) is 71.1 Å². The van der Waals surface area contributed by atoms with Crippen LogP contribution in [0.1, 0.15) is 48.0 Å². The van der Waals surface area contributed by atoms with E-state index in [0.717, 1.165) is 0 Å². The lowest BCUT2D eigenvalue weighted by Crippen LogP contribution is -2.47. The number of ether oxygens (including phenoxy) is 2. The van der Waals surface area contributed by atoms with E-state index in [2.05, 4.69) is 10.6 Å². The maximum absolute atomic E-state index is 13.7. The van der Waals surface area contributed by atoms with Gasteiger partial charge in [0.15, 0.2) is 0 Å². The van der Waals surface area contributed by atoms with E-state index in [-0.39, 0.29) is 11.6 Å². The molecule has 22 heavy (non-hydrogen) atoms. The van der Waals surface area contributed by atoms with E-state index in [1.807, 2.05) is 20.8 Å². The first-order chi connectivity index (χ1) is 9.76. The lowest BCUT2D eigenvalue weighted by molar-refractivity contribution is -0.0142. The predicted molar refractivity (Wildman–Crippen MR) is 82.4 cm³/mol. The average Bonchev–Trinajstić information content (AvgIpc) is 2.32. The van der Waals surface area contributed by atoms with Crippen molar-refractivity contribution in [2.75, 3.05) is 20.2 Å². The van der Waals surface area contributed by atoms with Gasteiger partial charge in [-0.05, 0) is 48.0 Å². The fourth-order valence-electron chi connectivity index (χ4n) is 1.79. The molecule has 0 aromatic carbocycles. The number of carbonyl (C=O) groups is 1. The molecule has 1 amide bonds. The van der Waals surface area contributed by atoms with Gasteiger partial charge in [0.2, 0.25) is 0 Å². The highest BCUT2D eigenvalue weighted by atomic mass is 19.3. The van der Waals surface area contributed by atoms with E-state index in [1.165, 1.54) is 0 Å². The van der Waals surface area contributed by atoms with Crippen molar-refractivity contribution in [3.8, 4) is 0 Å². The molecule has 0 aliphatic heterocycles. The van der Waals surface area contributed by atoms with Crippen LogP contribution in [0.2, 0.25) is 0 Å². The van der Waals surface area contributed by atoms with Crippen LogP contribution in [0.25, 0.3) is 0 Å². The first-order valence-corrected chi connectivity index (χ1v) is 7.39. The molecule has 0 aromatic heterocycles. The Bertz CT molecular complexity index is 355. The van der Waals surface area contributed by atoms with Crippen LogP contribution in [-0.2, 0) is 9.47 Å². The summed E-state index contributed by atoms with van der Waals surface area (Å²) in [6.07, 6.45) is -0.250.